The van der Waals surface area contributed by atoms with Crippen molar-refractivity contribution in [2.45, 2.75) is 19.9 Å². The van der Waals surface area contributed by atoms with E-state index in [1.807, 2.05) is 6.20 Å². The highest BCUT2D eigenvalue weighted by molar-refractivity contribution is 7.80. The molecule has 0 saturated carbocycles. The van der Waals surface area contributed by atoms with Gasteiger partial charge in [-0.2, -0.15) is 5.10 Å². The maximum absolute atomic E-state index is 13.0. The lowest BCUT2D eigenvalue weighted by molar-refractivity contribution is 0.624. The van der Waals surface area contributed by atoms with E-state index in [0.717, 1.165) is 24.2 Å². The van der Waals surface area contributed by atoms with E-state index in [2.05, 4.69) is 22.7 Å². The Morgan fingerprint density at radius 1 is 1.48 bits per heavy atom. The molecule has 4 nitrogen and oxygen atoms in total. The molecule has 2 N–H and O–H groups in total. The lowest BCUT2D eigenvalue weighted by atomic mass is 10.2. The van der Waals surface area contributed by atoms with Crippen molar-refractivity contribution < 1.29 is 4.39 Å². The Hall–Kier alpha value is -1.66. The third-order valence-electron chi connectivity index (χ3n) is 2.77. The van der Waals surface area contributed by atoms with E-state index in [-0.39, 0.29) is 5.82 Å². The van der Waals surface area contributed by atoms with Crippen LogP contribution in [-0.2, 0) is 6.54 Å². The summed E-state index contributed by atoms with van der Waals surface area (Å²) in [6.07, 6.45) is 4.50. The van der Waals surface area contributed by atoms with Crippen LogP contribution in [0.2, 0.25) is 5.02 Å². The van der Waals surface area contributed by atoms with Gasteiger partial charge in [0.1, 0.15) is 5.82 Å². The van der Waals surface area contributed by atoms with Crippen molar-refractivity contribution in [1.82, 2.24) is 15.1 Å². The zero-order valence-corrected chi connectivity index (χ0v) is 13.1. The maximum atomic E-state index is 13.0. The molecule has 1 heterocycles. The van der Waals surface area contributed by atoms with E-state index >= 15 is 0 Å². The maximum Gasteiger partial charge on any atom is 0.170 e. The molecule has 0 bridgehead atoms. The molecule has 2 rings (SSSR count). The van der Waals surface area contributed by atoms with E-state index in [4.69, 9.17) is 23.8 Å². The predicted octanol–water partition coefficient (Wildman–Crippen LogP) is 3.42. The van der Waals surface area contributed by atoms with E-state index in [0.29, 0.717) is 16.7 Å². The Morgan fingerprint density at radius 3 is 3.00 bits per heavy atom. The monoisotopic (exact) mass is 326 g/mol. The minimum absolute atomic E-state index is 0.348. The smallest absolute Gasteiger partial charge is 0.170 e. The van der Waals surface area contributed by atoms with Crippen LogP contribution in [0.3, 0.4) is 0 Å². The number of aromatic nitrogens is 2. The van der Waals surface area contributed by atoms with E-state index in [1.165, 1.54) is 12.1 Å². The molecule has 0 fully saturated rings. The largest absolute Gasteiger partial charge is 0.362 e. The van der Waals surface area contributed by atoms with E-state index in [9.17, 15) is 4.39 Å². The molecule has 0 aliphatic heterocycles. The molecule has 0 radical (unpaired) electrons. The third kappa shape index (κ3) is 4.68. The molecule has 0 atom stereocenters. The number of nitrogens with zero attached hydrogens (tertiary/aromatic N) is 2. The summed E-state index contributed by atoms with van der Waals surface area (Å²) in [6, 6.07) is 4.33. The van der Waals surface area contributed by atoms with E-state index in [1.54, 1.807) is 16.9 Å². The molecule has 112 valence electrons. The average molecular weight is 327 g/mol. The number of thiocarbonyl (C=S) groups is 1. The molecular formula is C14H16ClFN4S. The topological polar surface area (TPSA) is 41.9 Å². The normalized spacial score (nSPS) is 10.4. The minimum atomic E-state index is -0.348. The minimum Gasteiger partial charge on any atom is -0.362 e. The molecule has 0 saturated heterocycles. The van der Waals surface area contributed by atoms with Gasteiger partial charge < -0.3 is 10.6 Å². The fraction of sp³-hybridized carbons (Fsp3) is 0.286. The van der Waals surface area contributed by atoms with Crippen LogP contribution in [0.1, 0.15) is 18.9 Å². The zero-order chi connectivity index (χ0) is 15.2. The van der Waals surface area contributed by atoms with Crippen LogP contribution in [0.25, 0.3) is 0 Å². The molecule has 21 heavy (non-hydrogen) atoms. The Balaban J connectivity index is 1.98. The Labute approximate surface area is 133 Å². The van der Waals surface area contributed by atoms with Crippen molar-refractivity contribution in [3.05, 3.63) is 47.0 Å². The number of halogens is 2. The van der Waals surface area contributed by atoms with Crippen LogP contribution in [0, 0.1) is 5.82 Å². The van der Waals surface area contributed by atoms with Crippen molar-refractivity contribution in [1.29, 1.82) is 0 Å². The Bertz CT molecular complexity index is 629. The number of nitrogens with one attached hydrogen (secondary N) is 2. The number of benzene rings is 1. The van der Waals surface area contributed by atoms with Crippen LogP contribution in [-0.4, -0.2) is 21.4 Å². The highest BCUT2D eigenvalue weighted by atomic mass is 35.5. The van der Waals surface area contributed by atoms with Gasteiger partial charge in [0.2, 0.25) is 0 Å². The summed E-state index contributed by atoms with van der Waals surface area (Å²) in [5.74, 6) is -0.348. The molecule has 0 aliphatic rings. The first-order valence-electron chi connectivity index (χ1n) is 6.59. The lowest BCUT2D eigenvalue weighted by Crippen LogP contribution is -2.28. The van der Waals surface area contributed by atoms with Crippen molar-refractivity contribution in [2.75, 3.05) is 11.9 Å². The van der Waals surface area contributed by atoms with Gasteiger partial charge in [0.05, 0.1) is 18.4 Å². The molecule has 0 amide bonds. The van der Waals surface area contributed by atoms with Crippen molar-refractivity contribution in [3.63, 3.8) is 0 Å². The fourth-order valence-corrected chi connectivity index (χ4v) is 2.20. The number of hydrogen-bond donors (Lipinski definition) is 2. The van der Waals surface area contributed by atoms with Crippen molar-refractivity contribution in [2.24, 2.45) is 0 Å². The second-order valence-electron chi connectivity index (χ2n) is 4.54. The summed E-state index contributed by atoms with van der Waals surface area (Å²) in [7, 11) is 0. The van der Waals surface area contributed by atoms with E-state index < -0.39 is 0 Å². The average Bonchev–Trinajstić information content (AvgIpc) is 2.87. The van der Waals surface area contributed by atoms with Crippen LogP contribution < -0.4 is 10.6 Å². The molecule has 1 aromatic carbocycles. The van der Waals surface area contributed by atoms with Crippen LogP contribution in [0.15, 0.2) is 30.6 Å². The first kappa shape index (κ1) is 15.7. The van der Waals surface area contributed by atoms with Gasteiger partial charge in [0, 0.05) is 17.8 Å². The Morgan fingerprint density at radius 2 is 2.29 bits per heavy atom. The van der Waals surface area contributed by atoms with Crippen LogP contribution >= 0.6 is 23.8 Å². The standard InChI is InChI=1S/C14H16ClFN4S/c1-2-5-17-14(21)19-12-7-18-20(9-12)8-10-3-4-11(16)6-13(10)15/h3-4,6-7,9H,2,5,8H2,1H3,(H2,17,19,21). The number of anilines is 1. The number of hydrogen-bond acceptors (Lipinski definition) is 2. The number of rotatable bonds is 5. The SMILES string of the molecule is CCCNC(=S)Nc1cnn(Cc2ccc(F)cc2Cl)c1. The molecule has 1 aromatic heterocycles. The summed E-state index contributed by atoms with van der Waals surface area (Å²) in [5.41, 5.74) is 1.60. The molecule has 0 spiro atoms. The second-order valence-corrected chi connectivity index (χ2v) is 5.36. The second kappa shape index (κ2) is 7.38. The van der Waals surface area contributed by atoms with Gasteiger partial charge in [-0.15, -0.1) is 0 Å². The van der Waals surface area contributed by atoms with Crippen LogP contribution in [0.4, 0.5) is 10.1 Å². The Kier molecular flexibility index (Phi) is 5.52. The van der Waals surface area contributed by atoms with Crippen molar-refractivity contribution >= 4 is 34.6 Å². The van der Waals surface area contributed by atoms with Gasteiger partial charge in [-0.25, -0.2) is 4.39 Å². The highest BCUT2D eigenvalue weighted by Crippen LogP contribution is 2.18. The molecule has 7 heteroatoms. The summed E-state index contributed by atoms with van der Waals surface area (Å²) < 4.78 is 14.7. The first-order chi connectivity index (χ1) is 10.1. The molecular weight excluding hydrogens is 311 g/mol. The quantitative estimate of drug-likeness (QED) is 0.826. The lowest BCUT2D eigenvalue weighted by Gasteiger charge is -2.07. The fourth-order valence-electron chi connectivity index (χ4n) is 1.75. The summed E-state index contributed by atoms with van der Waals surface area (Å²) >= 11 is 11.2. The predicted molar refractivity (Wildman–Crippen MR) is 87.3 cm³/mol. The van der Waals surface area contributed by atoms with Gasteiger partial charge in [0.25, 0.3) is 0 Å². The van der Waals surface area contributed by atoms with Gasteiger partial charge in [0.15, 0.2) is 5.11 Å². The zero-order valence-electron chi connectivity index (χ0n) is 11.6. The molecule has 0 unspecified atom stereocenters. The summed E-state index contributed by atoms with van der Waals surface area (Å²) in [6.45, 7) is 3.36. The van der Waals surface area contributed by atoms with Gasteiger partial charge in [-0.1, -0.05) is 24.6 Å². The van der Waals surface area contributed by atoms with Gasteiger partial charge in [-0.3, -0.25) is 4.68 Å². The van der Waals surface area contributed by atoms with Gasteiger partial charge in [-0.05, 0) is 36.3 Å². The first-order valence-corrected chi connectivity index (χ1v) is 7.38. The highest BCUT2D eigenvalue weighted by Gasteiger charge is 2.05. The van der Waals surface area contributed by atoms with Crippen molar-refractivity contribution in [3.8, 4) is 0 Å². The van der Waals surface area contributed by atoms with Crippen LogP contribution in [0.5, 0.6) is 0 Å². The van der Waals surface area contributed by atoms with Gasteiger partial charge >= 0.3 is 0 Å². The summed E-state index contributed by atoms with van der Waals surface area (Å²) in [5, 5.41) is 11.3. The molecule has 2 aromatic rings. The summed E-state index contributed by atoms with van der Waals surface area (Å²) in [4.78, 5) is 0. The third-order valence-corrected chi connectivity index (χ3v) is 3.37. The molecule has 0 aliphatic carbocycles.